The second kappa shape index (κ2) is 8.48. The van der Waals surface area contributed by atoms with Gasteiger partial charge in [0.1, 0.15) is 5.82 Å². The number of nitrogens with zero attached hydrogens (tertiary/aromatic N) is 5. The van der Waals surface area contributed by atoms with Crippen LogP contribution in [0.25, 0.3) is 11.0 Å². The Kier molecular flexibility index (Phi) is 6.09. The lowest BCUT2D eigenvalue weighted by atomic mass is 10.3. The van der Waals surface area contributed by atoms with Crippen LogP contribution >= 0.6 is 11.8 Å². The maximum absolute atomic E-state index is 11.6. The number of rotatable bonds is 7. The average molecular weight is 364 g/mol. The molecule has 9 heteroatoms. The van der Waals surface area contributed by atoms with Gasteiger partial charge in [-0.25, -0.2) is 14.6 Å². The number of nitrogens with one attached hydrogen (secondary N) is 1. The van der Waals surface area contributed by atoms with Crippen molar-refractivity contribution in [1.29, 1.82) is 0 Å². The standard InChI is InChI=1S/C16H24N6O2S/c1-3-4-13(23)17-5-6-22-15-12(11-18-22)14(19-16(20-15)25-2)21-7-9-24-10-8-21/h11H,3-10H2,1-2H3,(H,17,23). The van der Waals surface area contributed by atoms with E-state index in [1.54, 1.807) is 0 Å². The van der Waals surface area contributed by atoms with E-state index in [1.165, 1.54) is 11.8 Å². The van der Waals surface area contributed by atoms with Gasteiger partial charge in [0.05, 0.1) is 31.3 Å². The van der Waals surface area contributed by atoms with Crippen LogP contribution in [0, 0.1) is 0 Å². The third-order valence-corrected chi connectivity index (χ3v) is 4.62. The van der Waals surface area contributed by atoms with Crippen molar-refractivity contribution in [3.05, 3.63) is 6.20 Å². The first-order valence-electron chi connectivity index (χ1n) is 8.60. The predicted octanol–water partition coefficient (Wildman–Crippen LogP) is 1.30. The molecule has 0 spiro atoms. The summed E-state index contributed by atoms with van der Waals surface area (Å²) >= 11 is 1.52. The molecule has 2 aromatic rings. The summed E-state index contributed by atoms with van der Waals surface area (Å²) in [5.74, 6) is 0.992. The molecule has 25 heavy (non-hydrogen) atoms. The largest absolute Gasteiger partial charge is 0.378 e. The van der Waals surface area contributed by atoms with Crippen molar-refractivity contribution in [1.82, 2.24) is 25.1 Å². The highest BCUT2D eigenvalue weighted by Crippen LogP contribution is 2.27. The molecule has 0 atom stereocenters. The van der Waals surface area contributed by atoms with Crippen LogP contribution in [-0.4, -0.2) is 64.8 Å². The number of fused-ring (bicyclic) bond motifs is 1. The predicted molar refractivity (Wildman–Crippen MR) is 98.1 cm³/mol. The number of carbonyl (C=O) groups excluding carboxylic acids is 1. The zero-order chi connectivity index (χ0) is 17.6. The summed E-state index contributed by atoms with van der Waals surface area (Å²) in [6, 6.07) is 0. The Hall–Kier alpha value is -1.87. The van der Waals surface area contributed by atoms with E-state index in [0.29, 0.717) is 32.7 Å². The smallest absolute Gasteiger partial charge is 0.220 e. The highest BCUT2D eigenvalue weighted by atomic mass is 32.2. The second-order valence-corrected chi connectivity index (χ2v) is 6.61. The summed E-state index contributed by atoms with van der Waals surface area (Å²) in [4.78, 5) is 23.1. The van der Waals surface area contributed by atoms with E-state index in [4.69, 9.17) is 4.74 Å². The van der Waals surface area contributed by atoms with Crippen molar-refractivity contribution in [2.24, 2.45) is 0 Å². The number of ether oxygens (including phenoxy) is 1. The van der Waals surface area contributed by atoms with Crippen LogP contribution in [0.4, 0.5) is 5.82 Å². The number of hydrogen-bond acceptors (Lipinski definition) is 7. The number of hydrogen-bond donors (Lipinski definition) is 1. The van der Waals surface area contributed by atoms with Crippen LogP contribution < -0.4 is 10.2 Å². The van der Waals surface area contributed by atoms with E-state index in [1.807, 2.05) is 24.1 Å². The number of aromatic nitrogens is 4. The lowest BCUT2D eigenvalue weighted by molar-refractivity contribution is -0.121. The van der Waals surface area contributed by atoms with Gasteiger partial charge in [-0.3, -0.25) is 4.79 Å². The van der Waals surface area contributed by atoms with E-state index < -0.39 is 0 Å². The quantitative estimate of drug-likeness (QED) is 0.585. The lowest BCUT2D eigenvalue weighted by Gasteiger charge is -2.28. The van der Waals surface area contributed by atoms with E-state index in [-0.39, 0.29) is 5.91 Å². The molecule has 1 saturated heterocycles. The summed E-state index contributed by atoms with van der Waals surface area (Å²) in [7, 11) is 0. The van der Waals surface area contributed by atoms with E-state index in [9.17, 15) is 4.79 Å². The Morgan fingerprint density at radius 3 is 2.88 bits per heavy atom. The van der Waals surface area contributed by atoms with E-state index in [0.717, 1.165) is 41.5 Å². The zero-order valence-corrected chi connectivity index (χ0v) is 15.5. The molecule has 0 bridgehead atoms. The Balaban J connectivity index is 1.82. The van der Waals surface area contributed by atoms with Crippen molar-refractivity contribution in [3.63, 3.8) is 0 Å². The third-order valence-electron chi connectivity index (χ3n) is 4.07. The maximum Gasteiger partial charge on any atom is 0.220 e. The van der Waals surface area contributed by atoms with Gasteiger partial charge in [-0.1, -0.05) is 18.7 Å². The minimum atomic E-state index is 0.0763. The number of morpholine rings is 1. The molecule has 8 nitrogen and oxygen atoms in total. The van der Waals surface area contributed by atoms with Crippen molar-refractivity contribution in [2.75, 3.05) is 44.0 Å². The fourth-order valence-corrected chi connectivity index (χ4v) is 3.16. The lowest BCUT2D eigenvalue weighted by Crippen LogP contribution is -2.37. The topological polar surface area (TPSA) is 85.2 Å². The zero-order valence-electron chi connectivity index (χ0n) is 14.7. The summed E-state index contributed by atoms with van der Waals surface area (Å²) in [6.07, 6.45) is 5.19. The molecule has 1 aliphatic rings. The summed E-state index contributed by atoms with van der Waals surface area (Å²) in [5, 5.41) is 9.05. The van der Waals surface area contributed by atoms with Crippen molar-refractivity contribution >= 4 is 34.5 Å². The first kappa shape index (κ1) is 17.9. The van der Waals surface area contributed by atoms with Gasteiger partial charge in [-0.2, -0.15) is 5.10 Å². The van der Waals surface area contributed by atoms with Gasteiger partial charge >= 0.3 is 0 Å². The molecule has 2 aromatic heterocycles. The van der Waals surface area contributed by atoms with Crippen molar-refractivity contribution < 1.29 is 9.53 Å². The molecule has 0 aliphatic carbocycles. The molecule has 136 valence electrons. The van der Waals surface area contributed by atoms with Crippen LogP contribution in [0.3, 0.4) is 0 Å². The average Bonchev–Trinajstić information content (AvgIpc) is 3.05. The SMILES string of the molecule is CCCC(=O)NCCn1ncc2c(N3CCOCC3)nc(SC)nc21. The summed E-state index contributed by atoms with van der Waals surface area (Å²) < 4.78 is 7.28. The summed E-state index contributed by atoms with van der Waals surface area (Å²) in [6.45, 7) is 6.17. The van der Waals surface area contributed by atoms with Gasteiger partial charge < -0.3 is 15.0 Å². The van der Waals surface area contributed by atoms with Gasteiger partial charge in [0.2, 0.25) is 5.91 Å². The Morgan fingerprint density at radius 1 is 1.36 bits per heavy atom. The van der Waals surface area contributed by atoms with Crippen LogP contribution in [0.15, 0.2) is 11.4 Å². The van der Waals surface area contributed by atoms with E-state index in [2.05, 4.69) is 25.3 Å². The second-order valence-electron chi connectivity index (χ2n) is 5.84. The molecule has 0 unspecified atom stereocenters. The fraction of sp³-hybridized carbons (Fsp3) is 0.625. The molecule has 0 radical (unpaired) electrons. The Morgan fingerprint density at radius 2 is 2.16 bits per heavy atom. The molecular weight excluding hydrogens is 340 g/mol. The molecule has 1 amide bonds. The Labute approximate surface area is 151 Å². The van der Waals surface area contributed by atoms with Crippen LogP contribution in [0.5, 0.6) is 0 Å². The van der Waals surface area contributed by atoms with Crippen molar-refractivity contribution in [2.45, 2.75) is 31.5 Å². The first-order chi connectivity index (χ1) is 12.2. The number of anilines is 1. The highest BCUT2D eigenvalue weighted by Gasteiger charge is 2.19. The van der Waals surface area contributed by atoms with E-state index >= 15 is 0 Å². The van der Waals surface area contributed by atoms with Crippen LogP contribution in [-0.2, 0) is 16.1 Å². The van der Waals surface area contributed by atoms with Crippen molar-refractivity contribution in [3.8, 4) is 0 Å². The van der Waals surface area contributed by atoms with Gasteiger partial charge in [0.15, 0.2) is 10.8 Å². The third kappa shape index (κ3) is 4.21. The fourth-order valence-electron chi connectivity index (χ4n) is 2.81. The molecule has 3 heterocycles. The monoisotopic (exact) mass is 364 g/mol. The van der Waals surface area contributed by atoms with Gasteiger partial charge in [-0.15, -0.1) is 0 Å². The minimum Gasteiger partial charge on any atom is -0.378 e. The van der Waals surface area contributed by atoms with Crippen LogP contribution in [0.1, 0.15) is 19.8 Å². The molecular formula is C16H24N6O2S. The molecule has 1 N–H and O–H groups in total. The first-order valence-corrected chi connectivity index (χ1v) is 9.82. The molecule has 1 aliphatic heterocycles. The minimum absolute atomic E-state index is 0.0763. The maximum atomic E-state index is 11.6. The molecule has 3 rings (SSSR count). The highest BCUT2D eigenvalue weighted by molar-refractivity contribution is 7.98. The molecule has 1 fully saturated rings. The number of thioether (sulfide) groups is 1. The van der Waals surface area contributed by atoms with Crippen LogP contribution in [0.2, 0.25) is 0 Å². The Bertz CT molecular complexity index is 729. The normalized spacial score (nSPS) is 14.9. The molecule has 0 saturated carbocycles. The number of amides is 1. The van der Waals surface area contributed by atoms with Gasteiger partial charge in [-0.05, 0) is 12.7 Å². The van der Waals surface area contributed by atoms with Gasteiger partial charge in [0.25, 0.3) is 0 Å². The molecule has 0 aromatic carbocycles. The van der Waals surface area contributed by atoms with Gasteiger partial charge in [0, 0.05) is 26.1 Å². The number of carbonyl (C=O) groups is 1. The summed E-state index contributed by atoms with van der Waals surface area (Å²) in [5.41, 5.74) is 0.811.